The number of rotatable bonds is 1. The maximum atomic E-state index is 3.60. The Balaban J connectivity index is 2.03. The van der Waals surface area contributed by atoms with E-state index in [1.807, 2.05) is 0 Å². The Morgan fingerprint density at radius 2 is 1.43 bits per heavy atom. The summed E-state index contributed by atoms with van der Waals surface area (Å²) in [5, 5.41) is 2.53. The number of aromatic amines is 1. The average molecular weight is 296 g/mol. The monoisotopic (exact) mass is 296 g/mol. The van der Waals surface area contributed by atoms with Crippen LogP contribution in [0.15, 0.2) is 72.8 Å². The van der Waals surface area contributed by atoms with E-state index in [1.54, 1.807) is 0 Å². The van der Waals surface area contributed by atoms with Gasteiger partial charge in [-0.25, -0.2) is 0 Å². The van der Waals surface area contributed by atoms with Gasteiger partial charge in [-0.05, 0) is 31.2 Å². The van der Waals surface area contributed by atoms with E-state index in [1.165, 1.54) is 44.1 Å². The molecule has 23 heavy (non-hydrogen) atoms. The van der Waals surface area contributed by atoms with Gasteiger partial charge in [0.2, 0.25) is 0 Å². The van der Waals surface area contributed by atoms with Gasteiger partial charge in [0.15, 0.2) is 0 Å². The third kappa shape index (κ3) is 1.69. The van der Waals surface area contributed by atoms with E-state index < -0.39 is 0 Å². The maximum Gasteiger partial charge on any atom is 0.0797 e. The molecule has 0 saturated heterocycles. The highest BCUT2D eigenvalue weighted by atomic mass is 15.0. The Morgan fingerprint density at radius 3 is 2.26 bits per heavy atom. The van der Waals surface area contributed by atoms with E-state index in [9.17, 15) is 0 Å². The van der Waals surface area contributed by atoms with Gasteiger partial charge < -0.3 is 9.55 Å². The molecule has 0 saturated carbocycles. The molecule has 2 heteroatoms. The molecule has 2 nitrogen and oxygen atoms in total. The number of H-pyrrole nitrogens is 1. The number of nitrogens with zero attached hydrogens (tertiary/aromatic N) is 1. The van der Waals surface area contributed by atoms with Gasteiger partial charge in [0, 0.05) is 22.0 Å². The molecule has 0 bridgehead atoms. The zero-order valence-corrected chi connectivity index (χ0v) is 12.9. The highest BCUT2D eigenvalue weighted by molar-refractivity contribution is 6.18. The van der Waals surface area contributed by atoms with Crippen LogP contribution < -0.4 is 0 Å². The Morgan fingerprint density at radius 1 is 0.739 bits per heavy atom. The lowest BCUT2D eigenvalue weighted by Gasteiger charge is -2.08. The van der Waals surface area contributed by atoms with Crippen molar-refractivity contribution in [2.45, 2.75) is 6.92 Å². The zero-order valence-electron chi connectivity index (χ0n) is 12.9. The van der Waals surface area contributed by atoms with Crippen molar-refractivity contribution in [2.75, 3.05) is 0 Å². The SMILES string of the molecule is Cc1ccc(-n2c3ccccc3c3[nH]c4ccccc4c32)cc1. The number of aryl methyl sites for hydroxylation is 1. The van der Waals surface area contributed by atoms with E-state index in [0.29, 0.717) is 0 Å². The number of para-hydroxylation sites is 2. The fourth-order valence-electron chi connectivity index (χ4n) is 3.52. The van der Waals surface area contributed by atoms with E-state index in [4.69, 9.17) is 0 Å². The largest absolute Gasteiger partial charge is 0.353 e. The van der Waals surface area contributed by atoms with Crippen LogP contribution >= 0.6 is 0 Å². The molecule has 0 aliphatic rings. The minimum Gasteiger partial charge on any atom is -0.353 e. The molecule has 0 spiro atoms. The van der Waals surface area contributed by atoms with Crippen molar-refractivity contribution in [1.29, 1.82) is 0 Å². The molecule has 0 atom stereocenters. The van der Waals surface area contributed by atoms with Crippen LogP contribution in [0.5, 0.6) is 0 Å². The lowest BCUT2D eigenvalue weighted by atomic mass is 10.2. The second-order valence-corrected chi connectivity index (χ2v) is 6.08. The molecule has 0 fully saturated rings. The number of fused-ring (bicyclic) bond motifs is 5. The Hall–Kier alpha value is -3.00. The van der Waals surface area contributed by atoms with Gasteiger partial charge in [-0.2, -0.15) is 0 Å². The van der Waals surface area contributed by atoms with Gasteiger partial charge >= 0.3 is 0 Å². The van der Waals surface area contributed by atoms with Gasteiger partial charge in [-0.1, -0.05) is 54.1 Å². The van der Waals surface area contributed by atoms with Gasteiger partial charge in [0.25, 0.3) is 0 Å². The van der Waals surface area contributed by atoms with Crippen molar-refractivity contribution in [1.82, 2.24) is 9.55 Å². The summed E-state index contributed by atoms with van der Waals surface area (Å²) >= 11 is 0. The van der Waals surface area contributed by atoms with Crippen LogP contribution in [0.2, 0.25) is 0 Å². The van der Waals surface area contributed by atoms with Crippen LogP contribution in [-0.2, 0) is 0 Å². The summed E-state index contributed by atoms with van der Waals surface area (Å²) < 4.78 is 2.36. The third-order valence-electron chi connectivity index (χ3n) is 4.61. The van der Waals surface area contributed by atoms with Crippen LogP contribution in [0.4, 0.5) is 0 Å². The average Bonchev–Trinajstić information content (AvgIpc) is 3.11. The van der Waals surface area contributed by atoms with Gasteiger partial charge in [-0.15, -0.1) is 0 Å². The predicted molar refractivity (Wildman–Crippen MR) is 97.4 cm³/mol. The number of hydrogen-bond acceptors (Lipinski definition) is 0. The molecule has 2 aromatic heterocycles. The van der Waals surface area contributed by atoms with Crippen LogP contribution in [0.1, 0.15) is 5.56 Å². The lowest BCUT2D eigenvalue weighted by molar-refractivity contribution is 1.18. The Labute approximate surface area is 134 Å². The smallest absolute Gasteiger partial charge is 0.0797 e. The molecule has 5 aromatic rings. The molecule has 5 rings (SSSR count). The molecule has 0 unspecified atom stereocenters. The van der Waals surface area contributed by atoms with Crippen LogP contribution in [0, 0.1) is 6.92 Å². The highest BCUT2D eigenvalue weighted by Gasteiger charge is 2.16. The summed E-state index contributed by atoms with van der Waals surface area (Å²) in [4.78, 5) is 3.60. The van der Waals surface area contributed by atoms with E-state index >= 15 is 0 Å². The molecule has 0 aliphatic carbocycles. The molecule has 0 aliphatic heterocycles. The fourth-order valence-corrected chi connectivity index (χ4v) is 3.52. The highest BCUT2D eigenvalue weighted by Crippen LogP contribution is 2.36. The summed E-state index contributed by atoms with van der Waals surface area (Å²) in [5.41, 5.74) is 7.37. The zero-order chi connectivity index (χ0) is 15.4. The summed E-state index contributed by atoms with van der Waals surface area (Å²) in [5.74, 6) is 0. The first-order valence-corrected chi connectivity index (χ1v) is 7.90. The molecule has 2 heterocycles. The number of aromatic nitrogens is 2. The minimum absolute atomic E-state index is 1.18. The number of benzene rings is 3. The first-order valence-electron chi connectivity index (χ1n) is 7.90. The summed E-state index contributed by atoms with van der Waals surface area (Å²) in [7, 11) is 0. The second kappa shape index (κ2) is 4.50. The molecule has 1 N–H and O–H groups in total. The summed E-state index contributed by atoms with van der Waals surface area (Å²) in [6.07, 6.45) is 0. The maximum absolute atomic E-state index is 3.60. The van der Waals surface area contributed by atoms with Crippen LogP contribution in [0.3, 0.4) is 0 Å². The number of hydrogen-bond donors (Lipinski definition) is 1. The van der Waals surface area contributed by atoms with Crippen molar-refractivity contribution < 1.29 is 0 Å². The van der Waals surface area contributed by atoms with Crippen LogP contribution in [0.25, 0.3) is 38.5 Å². The molecule has 110 valence electrons. The van der Waals surface area contributed by atoms with E-state index in [2.05, 4.69) is 89.3 Å². The minimum atomic E-state index is 1.18. The fraction of sp³-hybridized carbons (Fsp3) is 0.0476. The molecule has 0 amide bonds. The van der Waals surface area contributed by atoms with Gasteiger partial charge in [0.1, 0.15) is 0 Å². The topological polar surface area (TPSA) is 20.7 Å². The molecule has 3 aromatic carbocycles. The van der Waals surface area contributed by atoms with Crippen LogP contribution in [-0.4, -0.2) is 9.55 Å². The number of nitrogens with one attached hydrogen (secondary N) is 1. The van der Waals surface area contributed by atoms with E-state index in [0.717, 1.165) is 0 Å². The standard InChI is InChI=1S/C21H16N2/c1-14-10-12-15(13-11-14)23-19-9-5-3-7-17(19)20-21(23)16-6-2-4-8-18(16)22-20/h2-13,22H,1H3. The van der Waals surface area contributed by atoms with Crippen molar-refractivity contribution in [3.63, 3.8) is 0 Å². The van der Waals surface area contributed by atoms with Crippen molar-refractivity contribution >= 4 is 32.8 Å². The van der Waals surface area contributed by atoms with Crippen molar-refractivity contribution in [3.05, 3.63) is 78.4 Å². The Bertz CT molecular complexity index is 1150. The Kier molecular flexibility index (Phi) is 2.45. The first-order chi connectivity index (χ1) is 11.3. The third-order valence-corrected chi connectivity index (χ3v) is 4.61. The van der Waals surface area contributed by atoms with Crippen molar-refractivity contribution in [3.8, 4) is 5.69 Å². The summed E-state index contributed by atoms with van der Waals surface area (Å²) in [6, 6.07) is 25.8. The molecular weight excluding hydrogens is 280 g/mol. The summed E-state index contributed by atoms with van der Waals surface area (Å²) in [6.45, 7) is 2.12. The second-order valence-electron chi connectivity index (χ2n) is 6.08. The van der Waals surface area contributed by atoms with E-state index in [-0.39, 0.29) is 0 Å². The lowest BCUT2D eigenvalue weighted by Crippen LogP contribution is -1.93. The van der Waals surface area contributed by atoms with Gasteiger partial charge in [-0.3, -0.25) is 0 Å². The molecule has 0 radical (unpaired) electrons. The normalized spacial score (nSPS) is 11.7. The predicted octanol–water partition coefficient (Wildman–Crippen LogP) is 5.57. The first kappa shape index (κ1) is 12.5. The molecular formula is C21H16N2. The van der Waals surface area contributed by atoms with Crippen molar-refractivity contribution in [2.24, 2.45) is 0 Å². The quantitative estimate of drug-likeness (QED) is 0.417. The van der Waals surface area contributed by atoms with Gasteiger partial charge in [0.05, 0.1) is 16.6 Å².